The molecule has 8 heteroatoms. The van der Waals surface area contributed by atoms with Gasteiger partial charge >= 0.3 is 0 Å². The molecule has 30 heavy (non-hydrogen) atoms. The van der Waals surface area contributed by atoms with Crippen molar-refractivity contribution in [1.82, 2.24) is 4.31 Å². The molecule has 0 spiro atoms. The van der Waals surface area contributed by atoms with Gasteiger partial charge < -0.3 is 14.8 Å². The predicted molar refractivity (Wildman–Crippen MR) is 116 cm³/mol. The highest BCUT2D eigenvalue weighted by Crippen LogP contribution is 2.29. The van der Waals surface area contributed by atoms with E-state index in [4.69, 9.17) is 9.47 Å². The standard InChI is InChI=1S/C22H28N2O5S/c1-3-28-20-12-7-17(15-21(20)29-4-2)16-22(25)23-18-8-10-19(11-9-18)30(26,27)24-13-5-6-14-24/h7-12,15H,3-6,13-14,16H2,1-2H3,(H,23,25). The second-order valence-corrected chi connectivity index (χ2v) is 8.95. The molecule has 1 aliphatic heterocycles. The number of hydrogen-bond donors (Lipinski definition) is 1. The second kappa shape index (κ2) is 9.95. The largest absolute Gasteiger partial charge is 0.490 e. The number of rotatable bonds is 9. The Labute approximate surface area is 178 Å². The first-order valence-corrected chi connectivity index (χ1v) is 11.7. The van der Waals surface area contributed by atoms with Gasteiger partial charge in [0, 0.05) is 18.8 Å². The molecule has 1 aliphatic rings. The van der Waals surface area contributed by atoms with Gasteiger partial charge in [-0.25, -0.2) is 8.42 Å². The summed E-state index contributed by atoms with van der Waals surface area (Å²) < 4.78 is 37.8. The van der Waals surface area contributed by atoms with Gasteiger partial charge in [0.25, 0.3) is 0 Å². The number of nitrogens with one attached hydrogen (secondary N) is 1. The van der Waals surface area contributed by atoms with E-state index in [1.54, 1.807) is 24.3 Å². The minimum absolute atomic E-state index is 0.167. The molecule has 2 aromatic carbocycles. The number of carbonyl (C=O) groups is 1. The fourth-order valence-electron chi connectivity index (χ4n) is 3.38. The Morgan fingerprint density at radius 1 is 0.967 bits per heavy atom. The molecule has 0 atom stereocenters. The van der Waals surface area contributed by atoms with E-state index in [0.717, 1.165) is 18.4 Å². The van der Waals surface area contributed by atoms with Crippen LogP contribution in [-0.2, 0) is 21.2 Å². The summed E-state index contributed by atoms with van der Waals surface area (Å²) in [4.78, 5) is 12.7. The molecule has 0 aliphatic carbocycles. The van der Waals surface area contributed by atoms with E-state index in [2.05, 4.69) is 5.32 Å². The molecule has 1 saturated heterocycles. The van der Waals surface area contributed by atoms with Crippen molar-refractivity contribution in [3.05, 3.63) is 48.0 Å². The van der Waals surface area contributed by atoms with Crippen LogP contribution in [0.25, 0.3) is 0 Å². The van der Waals surface area contributed by atoms with Gasteiger partial charge in [0.1, 0.15) is 0 Å². The number of ether oxygens (including phenoxy) is 2. The lowest BCUT2D eigenvalue weighted by molar-refractivity contribution is -0.115. The van der Waals surface area contributed by atoms with Crippen LogP contribution in [0.5, 0.6) is 11.5 Å². The van der Waals surface area contributed by atoms with Gasteiger partial charge in [-0.2, -0.15) is 4.31 Å². The molecule has 1 N–H and O–H groups in total. The van der Waals surface area contributed by atoms with Crippen LogP contribution in [0.3, 0.4) is 0 Å². The van der Waals surface area contributed by atoms with Crippen molar-refractivity contribution in [2.24, 2.45) is 0 Å². The molecular formula is C22H28N2O5S. The van der Waals surface area contributed by atoms with E-state index in [1.807, 2.05) is 19.9 Å². The Morgan fingerprint density at radius 3 is 2.23 bits per heavy atom. The molecule has 1 fully saturated rings. The predicted octanol–water partition coefficient (Wildman–Crippen LogP) is 3.45. The normalized spacial score (nSPS) is 14.5. The van der Waals surface area contributed by atoms with E-state index < -0.39 is 10.0 Å². The average Bonchev–Trinajstić information content (AvgIpc) is 3.26. The van der Waals surface area contributed by atoms with E-state index >= 15 is 0 Å². The third-order valence-electron chi connectivity index (χ3n) is 4.81. The zero-order chi connectivity index (χ0) is 21.6. The summed E-state index contributed by atoms with van der Waals surface area (Å²) >= 11 is 0. The van der Waals surface area contributed by atoms with Crippen molar-refractivity contribution in [3.63, 3.8) is 0 Å². The van der Waals surface area contributed by atoms with Gasteiger partial charge in [-0.05, 0) is 68.7 Å². The van der Waals surface area contributed by atoms with E-state index in [0.29, 0.717) is 43.5 Å². The molecule has 0 aromatic heterocycles. The number of hydrogen-bond acceptors (Lipinski definition) is 5. The monoisotopic (exact) mass is 432 g/mol. The highest BCUT2D eigenvalue weighted by atomic mass is 32.2. The van der Waals surface area contributed by atoms with Crippen molar-refractivity contribution < 1.29 is 22.7 Å². The summed E-state index contributed by atoms with van der Waals surface area (Å²) in [6, 6.07) is 11.7. The van der Waals surface area contributed by atoms with Gasteiger partial charge in [-0.3, -0.25) is 4.79 Å². The molecular weight excluding hydrogens is 404 g/mol. The maximum Gasteiger partial charge on any atom is 0.243 e. The molecule has 2 aromatic rings. The molecule has 1 amide bonds. The van der Waals surface area contributed by atoms with Gasteiger partial charge in [-0.15, -0.1) is 0 Å². The Balaban J connectivity index is 1.64. The fraction of sp³-hybridized carbons (Fsp3) is 0.409. The first-order valence-electron chi connectivity index (χ1n) is 10.2. The van der Waals surface area contributed by atoms with Gasteiger partial charge in [0.15, 0.2) is 11.5 Å². The summed E-state index contributed by atoms with van der Waals surface area (Å²) in [6.07, 6.45) is 1.95. The van der Waals surface area contributed by atoms with Crippen LogP contribution in [0.2, 0.25) is 0 Å². The molecule has 7 nitrogen and oxygen atoms in total. The lowest BCUT2D eigenvalue weighted by Crippen LogP contribution is -2.27. The maximum atomic E-state index is 12.6. The average molecular weight is 433 g/mol. The molecule has 0 unspecified atom stereocenters. The molecule has 0 radical (unpaired) electrons. The van der Waals surface area contributed by atoms with Gasteiger partial charge in [0.05, 0.1) is 24.5 Å². The van der Waals surface area contributed by atoms with Crippen LogP contribution >= 0.6 is 0 Å². The number of amides is 1. The van der Waals surface area contributed by atoms with Crippen LogP contribution < -0.4 is 14.8 Å². The number of nitrogens with zero attached hydrogens (tertiary/aromatic N) is 1. The minimum Gasteiger partial charge on any atom is -0.490 e. The molecule has 1 heterocycles. The number of sulfonamides is 1. The van der Waals surface area contributed by atoms with Crippen LogP contribution in [-0.4, -0.2) is 44.9 Å². The fourth-order valence-corrected chi connectivity index (χ4v) is 4.90. The molecule has 0 saturated carbocycles. The number of anilines is 1. The third-order valence-corrected chi connectivity index (χ3v) is 6.73. The Bertz CT molecular complexity index is 968. The smallest absolute Gasteiger partial charge is 0.243 e. The summed E-state index contributed by atoms with van der Waals surface area (Å²) in [6.45, 7) is 5.95. The van der Waals surface area contributed by atoms with Crippen molar-refractivity contribution >= 4 is 21.6 Å². The first-order chi connectivity index (χ1) is 14.4. The Morgan fingerprint density at radius 2 is 1.60 bits per heavy atom. The van der Waals surface area contributed by atoms with Crippen molar-refractivity contribution in [2.45, 2.75) is 38.0 Å². The van der Waals surface area contributed by atoms with Crippen molar-refractivity contribution in [1.29, 1.82) is 0 Å². The topological polar surface area (TPSA) is 84.9 Å². The lowest BCUT2D eigenvalue weighted by Gasteiger charge is -2.15. The highest BCUT2D eigenvalue weighted by Gasteiger charge is 2.26. The zero-order valence-electron chi connectivity index (χ0n) is 17.4. The second-order valence-electron chi connectivity index (χ2n) is 7.01. The molecule has 3 rings (SSSR count). The van der Waals surface area contributed by atoms with E-state index in [-0.39, 0.29) is 17.2 Å². The summed E-state index contributed by atoms with van der Waals surface area (Å²) in [5, 5.41) is 2.81. The maximum absolute atomic E-state index is 12.6. The summed E-state index contributed by atoms with van der Waals surface area (Å²) in [7, 11) is -3.46. The first kappa shape index (κ1) is 22.1. The van der Waals surface area contributed by atoms with Gasteiger partial charge in [0.2, 0.25) is 15.9 Å². The summed E-state index contributed by atoms with van der Waals surface area (Å²) in [5.74, 6) is 1.07. The number of carbonyl (C=O) groups excluding carboxylic acids is 1. The van der Waals surface area contributed by atoms with Crippen LogP contribution in [0, 0.1) is 0 Å². The van der Waals surface area contributed by atoms with Gasteiger partial charge in [-0.1, -0.05) is 6.07 Å². The molecule has 0 bridgehead atoms. The van der Waals surface area contributed by atoms with Crippen molar-refractivity contribution in [2.75, 3.05) is 31.6 Å². The summed E-state index contributed by atoms with van der Waals surface area (Å²) in [5.41, 5.74) is 1.35. The van der Waals surface area contributed by atoms with Crippen LogP contribution in [0.15, 0.2) is 47.4 Å². The third kappa shape index (κ3) is 5.31. The van der Waals surface area contributed by atoms with E-state index in [1.165, 1.54) is 16.4 Å². The quantitative estimate of drug-likeness (QED) is 0.656. The zero-order valence-corrected chi connectivity index (χ0v) is 18.2. The van der Waals surface area contributed by atoms with Crippen LogP contribution in [0.4, 0.5) is 5.69 Å². The Kier molecular flexibility index (Phi) is 7.33. The number of benzene rings is 2. The molecule has 162 valence electrons. The van der Waals surface area contributed by atoms with E-state index in [9.17, 15) is 13.2 Å². The van der Waals surface area contributed by atoms with Crippen molar-refractivity contribution in [3.8, 4) is 11.5 Å². The Hall–Kier alpha value is -2.58. The minimum atomic E-state index is -3.46. The highest BCUT2D eigenvalue weighted by molar-refractivity contribution is 7.89. The SMILES string of the molecule is CCOc1ccc(CC(=O)Nc2ccc(S(=O)(=O)N3CCCC3)cc2)cc1OCC. The lowest BCUT2D eigenvalue weighted by atomic mass is 10.1. The van der Waals surface area contributed by atoms with Crippen LogP contribution in [0.1, 0.15) is 32.3 Å².